The smallest absolute Gasteiger partial charge is 0.311 e. The highest BCUT2D eigenvalue weighted by Gasteiger charge is 2.17. The fraction of sp³-hybridized carbons (Fsp3) is 0.200. The van der Waals surface area contributed by atoms with Crippen LogP contribution in [0.15, 0.2) is 42.5 Å². The van der Waals surface area contributed by atoms with Crippen molar-refractivity contribution in [3.8, 4) is 11.5 Å². The molecule has 0 unspecified atom stereocenters. The van der Waals surface area contributed by atoms with Crippen molar-refractivity contribution in [2.75, 3.05) is 0 Å². The van der Waals surface area contributed by atoms with E-state index in [1.54, 1.807) is 31.2 Å². The van der Waals surface area contributed by atoms with Crippen LogP contribution in [0, 0.1) is 17.0 Å². The lowest BCUT2D eigenvalue weighted by Gasteiger charge is -2.13. The van der Waals surface area contributed by atoms with Crippen LogP contribution in [0.2, 0.25) is 0 Å². The molecule has 0 heterocycles. The molecule has 0 spiro atoms. The van der Waals surface area contributed by atoms with Crippen LogP contribution in [0.5, 0.6) is 11.5 Å². The molecule has 0 saturated carbocycles. The van der Waals surface area contributed by atoms with Gasteiger partial charge in [0.05, 0.1) is 4.92 Å². The summed E-state index contributed by atoms with van der Waals surface area (Å²) in [4.78, 5) is 10.6. The SMILES string of the molecule is Cc1ccc(Oc2ccccc2[C@@H](C)N)c([N+](=O)[O-])c1. The van der Waals surface area contributed by atoms with Crippen molar-refractivity contribution in [3.05, 3.63) is 63.7 Å². The van der Waals surface area contributed by atoms with Crippen molar-refractivity contribution in [2.45, 2.75) is 19.9 Å². The molecule has 2 N–H and O–H groups in total. The molecule has 0 fully saturated rings. The predicted octanol–water partition coefficient (Wildman–Crippen LogP) is 3.72. The molecule has 5 nitrogen and oxygen atoms in total. The standard InChI is InChI=1S/C15H16N2O3/c1-10-7-8-15(13(9-10)17(18)19)20-14-6-4-3-5-12(14)11(2)16/h3-9,11H,16H2,1-2H3/t11-/m1/s1. The largest absolute Gasteiger partial charge is 0.450 e. The van der Waals surface area contributed by atoms with E-state index in [9.17, 15) is 10.1 Å². The molecule has 2 rings (SSSR count). The Hall–Kier alpha value is -2.40. The van der Waals surface area contributed by atoms with E-state index in [0.717, 1.165) is 11.1 Å². The molecule has 5 heteroatoms. The Bertz CT molecular complexity index is 639. The molecule has 1 atom stereocenters. The van der Waals surface area contributed by atoms with Crippen LogP contribution >= 0.6 is 0 Å². The Labute approximate surface area is 117 Å². The van der Waals surface area contributed by atoms with Gasteiger partial charge in [0.2, 0.25) is 5.75 Å². The Kier molecular flexibility index (Phi) is 4.00. The van der Waals surface area contributed by atoms with Crippen LogP contribution in [-0.2, 0) is 0 Å². The highest BCUT2D eigenvalue weighted by atomic mass is 16.6. The lowest BCUT2D eigenvalue weighted by molar-refractivity contribution is -0.385. The number of para-hydroxylation sites is 1. The van der Waals surface area contributed by atoms with Crippen molar-refractivity contribution >= 4 is 5.69 Å². The zero-order chi connectivity index (χ0) is 14.7. The van der Waals surface area contributed by atoms with E-state index in [2.05, 4.69) is 0 Å². The molecule has 0 aliphatic rings. The van der Waals surface area contributed by atoms with Crippen LogP contribution < -0.4 is 10.5 Å². The lowest BCUT2D eigenvalue weighted by atomic mass is 10.1. The molecule has 0 aliphatic carbocycles. The third kappa shape index (κ3) is 2.95. The number of ether oxygens (including phenoxy) is 1. The van der Waals surface area contributed by atoms with E-state index in [-0.39, 0.29) is 17.5 Å². The average molecular weight is 272 g/mol. The zero-order valence-electron chi connectivity index (χ0n) is 11.4. The van der Waals surface area contributed by atoms with Crippen molar-refractivity contribution in [1.82, 2.24) is 0 Å². The van der Waals surface area contributed by atoms with Gasteiger partial charge < -0.3 is 10.5 Å². The maximum atomic E-state index is 11.1. The number of nitro groups is 1. The van der Waals surface area contributed by atoms with Crippen LogP contribution in [-0.4, -0.2) is 4.92 Å². The number of aryl methyl sites for hydroxylation is 1. The van der Waals surface area contributed by atoms with Gasteiger partial charge in [-0.3, -0.25) is 10.1 Å². The van der Waals surface area contributed by atoms with Gasteiger partial charge in [-0.1, -0.05) is 24.3 Å². The summed E-state index contributed by atoms with van der Waals surface area (Å²) in [5.74, 6) is 0.753. The molecule has 2 aromatic rings. The summed E-state index contributed by atoms with van der Waals surface area (Å²) in [6, 6.07) is 11.9. The van der Waals surface area contributed by atoms with Crippen LogP contribution in [0.4, 0.5) is 5.69 Å². The summed E-state index contributed by atoms with van der Waals surface area (Å²) in [6.45, 7) is 3.64. The molecule has 20 heavy (non-hydrogen) atoms. The van der Waals surface area contributed by atoms with Gasteiger partial charge in [0.25, 0.3) is 0 Å². The van der Waals surface area contributed by atoms with Crippen molar-refractivity contribution in [1.29, 1.82) is 0 Å². The normalized spacial score (nSPS) is 11.9. The number of benzene rings is 2. The summed E-state index contributed by atoms with van der Waals surface area (Å²) in [6.07, 6.45) is 0. The second-order valence-corrected chi connectivity index (χ2v) is 4.66. The van der Waals surface area contributed by atoms with Crippen LogP contribution in [0.3, 0.4) is 0 Å². The monoisotopic (exact) mass is 272 g/mol. The first-order valence-corrected chi connectivity index (χ1v) is 6.26. The Morgan fingerprint density at radius 1 is 1.20 bits per heavy atom. The average Bonchev–Trinajstić information content (AvgIpc) is 2.41. The molecule has 0 radical (unpaired) electrons. The van der Waals surface area contributed by atoms with Gasteiger partial charge in [-0.15, -0.1) is 0 Å². The second kappa shape index (κ2) is 5.71. The summed E-state index contributed by atoms with van der Waals surface area (Å²) >= 11 is 0. The molecular formula is C15H16N2O3. The first-order valence-electron chi connectivity index (χ1n) is 6.26. The quantitative estimate of drug-likeness (QED) is 0.679. The van der Waals surface area contributed by atoms with E-state index < -0.39 is 4.92 Å². The minimum absolute atomic E-state index is 0.0514. The zero-order valence-corrected chi connectivity index (χ0v) is 11.4. The number of rotatable bonds is 4. The summed E-state index contributed by atoms with van der Waals surface area (Å²) < 4.78 is 5.70. The molecule has 0 amide bonds. The minimum Gasteiger partial charge on any atom is -0.450 e. The number of hydrogen-bond donors (Lipinski definition) is 1. The number of hydrogen-bond acceptors (Lipinski definition) is 4. The summed E-state index contributed by atoms with van der Waals surface area (Å²) in [5, 5.41) is 11.1. The van der Waals surface area contributed by atoms with E-state index in [4.69, 9.17) is 10.5 Å². The Morgan fingerprint density at radius 2 is 1.90 bits per heavy atom. The lowest BCUT2D eigenvalue weighted by Crippen LogP contribution is -2.06. The summed E-state index contributed by atoms with van der Waals surface area (Å²) in [7, 11) is 0. The minimum atomic E-state index is -0.448. The van der Waals surface area contributed by atoms with Gasteiger partial charge in [-0.05, 0) is 31.5 Å². The van der Waals surface area contributed by atoms with Gasteiger partial charge >= 0.3 is 5.69 Å². The van der Waals surface area contributed by atoms with E-state index >= 15 is 0 Å². The molecule has 104 valence electrons. The van der Waals surface area contributed by atoms with Gasteiger partial charge in [-0.25, -0.2) is 0 Å². The van der Waals surface area contributed by atoms with Crippen LogP contribution in [0.25, 0.3) is 0 Å². The molecule has 0 aromatic heterocycles. The molecular weight excluding hydrogens is 256 g/mol. The molecule has 0 bridgehead atoms. The molecule has 2 aromatic carbocycles. The maximum absolute atomic E-state index is 11.1. The number of nitrogens with two attached hydrogens (primary N) is 1. The fourth-order valence-electron chi connectivity index (χ4n) is 1.92. The van der Waals surface area contributed by atoms with E-state index in [1.807, 2.05) is 19.1 Å². The van der Waals surface area contributed by atoms with Gasteiger partial charge in [-0.2, -0.15) is 0 Å². The first kappa shape index (κ1) is 14.0. The van der Waals surface area contributed by atoms with E-state index in [0.29, 0.717) is 5.75 Å². The molecule has 0 saturated heterocycles. The maximum Gasteiger partial charge on any atom is 0.311 e. The van der Waals surface area contributed by atoms with E-state index in [1.165, 1.54) is 6.07 Å². The third-order valence-corrected chi connectivity index (χ3v) is 2.94. The Balaban J connectivity index is 2.43. The second-order valence-electron chi connectivity index (χ2n) is 4.66. The fourth-order valence-corrected chi connectivity index (χ4v) is 1.92. The third-order valence-electron chi connectivity index (χ3n) is 2.94. The first-order chi connectivity index (χ1) is 9.49. The van der Waals surface area contributed by atoms with Crippen molar-refractivity contribution in [2.24, 2.45) is 5.73 Å². The Morgan fingerprint density at radius 3 is 2.55 bits per heavy atom. The predicted molar refractivity (Wildman–Crippen MR) is 77.0 cm³/mol. The summed E-state index contributed by atoms with van der Waals surface area (Å²) in [5.41, 5.74) is 7.44. The van der Waals surface area contributed by atoms with Gasteiger partial charge in [0.15, 0.2) is 0 Å². The van der Waals surface area contributed by atoms with Crippen LogP contribution in [0.1, 0.15) is 24.1 Å². The van der Waals surface area contributed by atoms with Gasteiger partial charge in [0.1, 0.15) is 5.75 Å². The van der Waals surface area contributed by atoms with Gasteiger partial charge in [0, 0.05) is 17.7 Å². The number of nitro benzene ring substituents is 1. The van der Waals surface area contributed by atoms with Crippen molar-refractivity contribution < 1.29 is 9.66 Å². The van der Waals surface area contributed by atoms with Crippen molar-refractivity contribution in [3.63, 3.8) is 0 Å². The topological polar surface area (TPSA) is 78.4 Å². The highest BCUT2D eigenvalue weighted by Crippen LogP contribution is 2.34. The highest BCUT2D eigenvalue weighted by molar-refractivity contribution is 5.51. The molecule has 0 aliphatic heterocycles. The number of nitrogens with zero attached hydrogens (tertiary/aromatic N) is 1.